The van der Waals surface area contributed by atoms with Gasteiger partial charge in [0.2, 0.25) is 0 Å². The average Bonchev–Trinajstić information content (AvgIpc) is 2.67. The first-order chi connectivity index (χ1) is 7.58. The largest absolute Gasteiger partial charge is 0.311 e. The topological polar surface area (TPSA) is 15.3 Å². The fourth-order valence-electron chi connectivity index (χ4n) is 2.31. The maximum atomic E-state index is 6.00. The quantitative estimate of drug-likeness (QED) is 0.877. The van der Waals surface area contributed by atoms with Crippen molar-refractivity contribution >= 4 is 22.9 Å². The summed E-state index contributed by atoms with van der Waals surface area (Å²) in [5.41, 5.74) is 0. The summed E-state index contributed by atoms with van der Waals surface area (Å²) in [5.74, 6) is 0. The fourth-order valence-corrected chi connectivity index (χ4v) is 3.44. The molecule has 0 amide bonds. The van der Waals surface area contributed by atoms with Crippen molar-refractivity contribution in [1.82, 2.24) is 10.2 Å². The molecule has 2 nitrogen and oxygen atoms in total. The van der Waals surface area contributed by atoms with E-state index < -0.39 is 0 Å². The van der Waals surface area contributed by atoms with Gasteiger partial charge in [0.15, 0.2) is 0 Å². The Bertz CT molecular complexity index is 353. The van der Waals surface area contributed by atoms with Crippen LogP contribution >= 0.6 is 22.9 Å². The lowest BCUT2D eigenvalue weighted by molar-refractivity contribution is 0.105. The number of thiophene rings is 1. The van der Waals surface area contributed by atoms with Crippen LogP contribution in [0.1, 0.15) is 31.7 Å². The number of nitrogens with one attached hydrogen (secondary N) is 1. The van der Waals surface area contributed by atoms with Gasteiger partial charge in [0.1, 0.15) is 0 Å². The van der Waals surface area contributed by atoms with Crippen LogP contribution < -0.4 is 5.32 Å². The molecule has 90 valence electrons. The van der Waals surface area contributed by atoms with Crippen LogP contribution in [0.3, 0.4) is 0 Å². The second-order valence-electron chi connectivity index (χ2n) is 4.67. The van der Waals surface area contributed by atoms with E-state index in [0.717, 1.165) is 17.4 Å². The molecule has 1 aromatic heterocycles. The molecule has 16 heavy (non-hydrogen) atoms. The van der Waals surface area contributed by atoms with Crippen molar-refractivity contribution in [1.29, 1.82) is 0 Å². The van der Waals surface area contributed by atoms with Gasteiger partial charge < -0.3 is 5.32 Å². The van der Waals surface area contributed by atoms with Crippen molar-refractivity contribution in [2.75, 3.05) is 13.1 Å². The molecule has 0 bridgehead atoms. The third-order valence-corrected chi connectivity index (χ3v) is 4.72. The molecule has 1 aliphatic heterocycles. The van der Waals surface area contributed by atoms with Gasteiger partial charge in [0.25, 0.3) is 0 Å². The molecule has 2 rings (SSSR count). The van der Waals surface area contributed by atoms with E-state index in [9.17, 15) is 0 Å². The first-order valence-electron chi connectivity index (χ1n) is 5.82. The molecule has 1 N–H and O–H groups in total. The zero-order valence-corrected chi connectivity index (χ0v) is 11.6. The van der Waals surface area contributed by atoms with Crippen LogP contribution in [0, 0.1) is 0 Å². The standard InChI is InChI=1S/C12H19ClN2S/c1-8-7-15(9(2)6-14-8)10(3)11-4-5-12(13)16-11/h4-5,8-10,14H,6-7H2,1-3H3. The Hall–Kier alpha value is -0.0900. The van der Waals surface area contributed by atoms with E-state index in [1.807, 2.05) is 6.07 Å². The highest BCUT2D eigenvalue weighted by atomic mass is 35.5. The van der Waals surface area contributed by atoms with Gasteiger partial charge in [-0.25, -0.2) is 0 Å². The summed E-state index contributed by atoms with van der Waals surface area (Å²) >= 11 is 7.69. The summed E-state index contributed by atoms with van der Waals surface area (Å²) in [7, 11) is 0. The predicted octanol–water partition coefficient (Wildman–Crippen LogP) is 3.14. The number of rotatable bonds is 2. The number of halogens is 1. The van der Waals surface area contributed by atoms with Crippen LogP contribution in [0.15, 0.2) is 12.1 Å². The van der Waals surface area contributed by atoms with E-state index in [-0.39, 0.29) is 0 Å². The Morgan fingerprint density at radius 1 is 1.50 bits per heavy atom. The van der Waals surface area contributed by atoms with E-state index >= 15 is 0 Å². The van der Waals surface area contributed by atoms with Crippen molar-refractivity contribution < 1.29 is 0 Å². The van der Waals surface area contributed by atoms with E-state index in [0.29, 0.717) is 18.1 Å². The van der Waals surface area contributed by atoms with Crippen molar-refractivity contribution in [3.05, 3.63) is 21.3 Å². The van der Waals surface area contributed by atoms with Gasteiger partial charge in [-0.3, -0.25) is 4.90 Å². The first-order valence-corrected chi connectivity index (χ1v) is 7.01. The Morgan fingerprint density at radius 2 is 2.25 bits per heavy atom. The van der Waals surface area contributed by atoms with Crippen LogP contribution in [0.5, 0.6) is 0 Å². The summed E-state index contributed by atoms with van der Waals surface area (Å²) in [6.07, 6.45) is 0. The maximum absolute atomic E-state index is 6.00. The summed E-state index contributed by atoms with van der Waals surface area (Å²) in [4.78, 5) is 3.93. The zero-order valence-electron chi connectivity index (χ0n) is 10.0. The zero-order chi connectivity index (χ0) is 11.7. The molecule has 3 unspecified atom stereocenters. The van der Waals surface area contributed by atoms with E-state index in [1.54, 1.807) is 11.3 Å². The van der Waals surface area contributed by atoms with Gasteiger partial charge in [-0.05, 0) is 32.9 Å². The lowest BCUT2D eigenvalue weighted by Gasteiger charge is -2.41. The van der Waals surface area contributed by atoms with Gasteiger partial charge in [-0.1, -0.05) is 11.6 Å². The smallest absolute Gasteiger partial charge is 0.0931 e. The molecule has 0 aromatic carbocycles. The van der Waals surface area contributed by atoms with Crippen LogP contribution in [0.4, 0.5) is 0 Å². The van der Waals surface area contributed by atoms with Crippen molar-refractivity contribution in [2.45, 2.75) is 38.9 Å². The number of piperazine rings is 1. The number of hydrogen-bond donors (Lipinski definition) is 1. The van der Waals surface area contributed by atoms with Crippen molar-refractivity contribution in [2.24, 2.45) is 0 Å². The Balaban J connectivity index is 2.10. The molecular weight excluding hydrogens is 240 g/mol. The molecule has 4 heteroatoms. The highest BCUT2D eigenvalue weighted by Gasteiger charge is 2.27. The molecule has 2 heterocycles. The van der Waals surface area contributed by atoms with Gasteiger partial charge in [-0.2, -0.15) is 0 Å². The van der Waals surface area contributed by atoms with E-state index in [2.05, 4.69) is 37.1 Å². The highest BCUT2D eigenvalue weighted by Crippen LogP contribution is 2.31. The average molecular weight is 259 g/mol. The minimum absolute atomic E-state index is 0.469. The summed E-state index contributed by atoms with van der Waals surface area (Å²) in [6, 6.07) is 5.78. The molecular formula is C12H19ClN2S. The maximum Gasteiger partial charge on any atom is 0.0931 e. The Kier molecular flexibility index (Phi) is 3.90. The van der Waals surface area contributed by atoms with Crippen molar-refractivity contribution in [3.63, 3.8) is 0 Å². The third kappa shape index (κ3) is 2.59. The van der Waals surface area contributed by atoms with Gasteiger partial charge in [0, 0.05) is 36.1 Å². The second kappa shape index (κ2) is 5.05. The van der Waals surface area contributed by atoms with E-state index in [1.165, 1.54) is 4.88 Å². The molecule has 0 spiro atoms. The Labute approximate surface area is 107 Å². The third-order valence-electron chi connectivity index (χ3n) is 3.32. The molecule has 1 saturated heterocycles. The van der Waals surface area contributed by atoms with Crippen LogP contribution in [-0.2, 0) is 0 Å². The van der Waals surface area contributed by atoms with Gasteiger partial charge in [-0.15, -0.1) is 11.3 Å². The number of nitrogens with zero attached hydrogens (tertiary/aromatic N) is 1. The summed E-state index contributed by atoms with van der Waals surface area (Å²) < 4.78 is 0.887. The van der Waals surface area contributed by atoms with E-state index in [4.69, 9.17) is 11.6 Å². The minimum Gasteiger partial charge on any atom is -0.311 e. The lowest BCUT2D eigenvalue weighted by Crippen LogP contribution is -2.54. The molecule has 0 aliphatic carbocycles. The number of hydrogen-bond acceptors (Lipinski definition) is 3. The normalized spacial score (nSPS) is 29.2. The molecule has 1 fully saturated rings. The van der Waals surface area contributed by atoms with Gasteiger partial charge in [0.05, 0.1) is 4.34 Å². The summed E-state index contributed by atoms with van der Waals surface area (Å²) in [6.45, 7) is 8.98. The minimum atomic E-state index is 0.469. The molecule has 0 saturated carbocycles. The monoisotopic (exact) mass is 258 g/mol. The van der Waals surface area contributed by atoms with Crippen LogP contribution in [-0.4, -0.2) is 30.1 Å². The SMILES string of the molecule is CC1CN(C(C)c2ccc(Cl)s2)C(C)CN1. The lowest BCUT2D eigenvalue weighted by atomic mass is 10.1. The van der Waals surface area contributed by atoms with Gasteiger partial charge >= 0.3 is 0 Å². The van der Waals surface area contributed by atoms with Crippen molar-refractivity contribution in [3.8, 4) is 0 Å². The molecule has 1 aliphatic rings. The Morgan fingerprint density at radius 3 is 2.88 bits per heavy atom. The molecule has 0 radical (unpaired) electrons. The highest BCUT2D eigenvalue weighted by molar-refractivity contribution is 7.16. The van der Waals surface area contributed by atoms with Crippen LogP contribution in [0.2, 0.25) is 4.34 Å². The summed E-state index contributed by atoms with van der Waals surface area (Å²) in [5, 5.41) is 3.51. The molecule has 1 aromatic rings. The van der Waals surface area contributed by atoms with Crippen LogP contribution in [0.25, 0.3) is 0 Å². The first kappa shape index (κ1) is 12.4. The second-order valence-corrected chi connectivity index (χ2v) is 6.42. The molecule has 3 atom stereocenters. The fraction of sp³-hybridized carbons (Fsp3) is 0.667. The predicted molar refractivity (Wildman–Crippen MR) is 71.4 cm³/mol.